The molecule has 2 fully saturated rings. The summed E-state index contributed by atoms with van der Waals surface area (Å²) in [5.74, 6) is 0.527. The summed E-state index contributed by atoms with van der Waals surface area (Å²) in [5.41, 5.74) is 2.49. The van der Waals surface area contributed by atoms with Crippen molar-refractivity contribution in [2.24, 2.45) is 0 Å². The number of nitrogens with zero attached hydrogens (tertiary/aromatic N) is 1. The highest BCUT2D eigenvalue weighted by molar-refractivity contribution is 5.75. The Morgan fingerprint density at radius 2 is 1.86 bits per heavy atom. The van der Waals surface area contributed by atoms with Crippen molar-refractivity contribution >= 4 is 12.0 Å². The standard InChI is InChI=1S/C27H35N3O5/c1-34-22-9-8-20(16-23(22)35-2)27-12-10-21(29-26(33)28-14-11-25(31)32)17-24(27)30(15-13-27)18-19-6-4-3-5-7-19/h3-9,16,21,24H,10-15,17-18H2,1-2H3,(H,31,32)(H2,28,29,33). The number of hydrogen-bond acceptors (Lipinski definition) is 5. The van der Waals surface area contributed by atoms with Gasteiger partial charge in [0.15, 0.2) is 11.5 Å². The van der Waals surface area contributed by atoms with Gasteiger partial charge in [-0.1, -0.05) is 36.4 Å². The minimum absolute atomic E-state index is 0.0227. The van der Waals surface area contributed by atoms with E-state index in [1.165, 1.54) is 11.1 Å². The molecule has 3 unspecified atom stereocenters. The second-order valence-corrected chi connectivity index (χ2v) is 9.46. The maximum absolute atomic E-state index is 12.4. The first-order valence-electron chi connectivity index (χ1n) is 12.2. The normalized spacial score (nSPS) is 23.8. The number of ether oxygens (including phenoxy) is 2. The first-order chi connectivity index (χ1) is 16.9. The lowest BCUT2D eigenvalue weighted by atomic mass is 9.65. The third-order valence-electron chi connectivity index (χ3n) is 7.52. The number of amides is 2. The van der Waals surface area contributed by atoms with Crippen LogP contribution in [-0.4, -0.2) is 61.4 Å². The van der Waals surface area contributed by atoms with E-state index in [9.17, 15) is 9.59 Å². The molecular weight excluding hydrogens is 446 g/mol. The second kappa shape index (κ2) is 11.0. The lowest BCUT2D eigenvalue weighted by molar-refractivity contribution is -0.136. The molecule has 3 N–H and O–H groups in total. The minimum atomic E-state index is -0.926. The number of fused-ring (bicyclic) bond motifs is 1. The zero-order valence-corrected chi connectivity index (χ0v) is 20.5. The number of carboxylic acids is 1. The summed E-state index contributed by atoms with van der Waals surface area (Å²) in [5, 5.41) is 14.6. The highest BCUT2D eigenvalue weighted by Gasteiger charge is 2.51. The molecule has 1 saturated heterocycles. The molecule has 0 aromatic heterocycles. The summed E-state index contributed by atoms with van der Waals surface area (Å²) in [6, 6.07) is 16.7. The Kier molecular flexibility index (Phi) is 7.80. The van der Waals surface area contributed by atoms with Gasteiger partial charge in [0.2, 0.25) is 0 Å². The van der Waals surface area contributed by atoms with Crippen LogP contribution in [0.2, 0.25) is 0 Å². The zero-order valence-electron chi connectivity index (χ0n) is 20.5. The number of aliphatic carboxylic acids is 1. The molecule has 35 heavy (non-hydrogen) atoms. The summed E-state index contributed by atoms with van der Waals surface area (Å²) in [7, 11) is 3.31. The van der Waals surface area contributed by atoms with Crippen LogP contribution in [-0.2, 0) is 16.8 Å². The van der Waals surface area contributed by atoms with Crippen molar-refractivity contribution in [3.8, 4) is 11.5 Å². The van der Waals surface area contributed by atoms with Crippen molar-refractivity contribution in [2.75, 3.05) is 27.3 Å². The molecule has 2 amide bonds. The highest BCUT2D eigenvalue weighted by Crippen LogP contribution is 2.50. The van der Waals surface area contributed by atoms with E-state index in [-0.39, 0.29) is 36.5 Å². The van der Waals surface area contributed by atoms with Crippen LogP contribution < -0.4 is 20.1 Å². The number of carbonyl (C=O) groups excluding carboxylic acids is 1. The summed E-state index contributed by atoms with van der Waals surface area (Å²) < 4.78 is 11.1. The maximum Gasteiger partial charge on any atom is 0.315 e. The largest absolute Gasteiger partial charge is 0.493 e. The smallest absolute Gasteiger partial charge is 0.315 e. The quantitative estimate of drug-likeness (QED) is 0.507. The van der Waals surface area contributed by atoms with Crippen molar-refractivity contribution in [3.63, 3.8) is 0 Å². The van der Waals surface area contributed by atoms with Crippen molar-refractivity contribution in [3.05, 3.63) is 59.7 Å². The Morgan fingerprint density at radius 1 is 1.09 bits per heavy atom. The third kappa shape index (κ3) is 5.53. The lowest BCUT2D eigenvalue weighted by Crippen LogP contribution is -2.53. The minimum Gasteiger partial charge on any atom is -0.493 e. The van der Waals surface area contributed by atoms with E-state index in [1.54, 1.807) is 14.2 Å². The van der Waals surface area contributed by atoms with Crippen LogP contribution in [0, 0.1) is 0 Å². The Labute approximate surface area is 206 Å². The second-order valence-electron chi connectivity index (χ2n) is 9.46. The van der Waals surface area contributed by atoms with Crippen LogP contribution in [0.1, 0.15) is 43.2 Å². The topological polar surface area (TPSA) is 100 Å². The first-order valence-corrected chi connectivity index (χ1v) is 12.2. The Balaban J connectivity index is 1.56. The molecule has 188 valence electrons. The molecule has 0 bridgehead atoms. The van der Waals surface area contributed by atoms with Crippen LogP contribution in [0.25, 0.3) is 0 Å². The number of hydrogen-bond donors (Lipinski definition) is 3. The molecule has 1 heterocycles. The molecule has 4 rings (SSSR count). The molecule has 0 spiro atoms. The van der Waals surface area contributed by atoms with E-state index >= 15 is 0 Å². The van der Waals surface area contributed by atoms with Crippen molar-refractivity contribution < 1.29 is 24.2 Å². The van der Waals surface area contributed by atoms with Gasteiger partial charge in [-0.2, -0.15) is 0 Å². The first kappa shape index (κ1) is 24.9. The van der Waals surface area contributed by atoms with Crippen LogP contribution in [0.15, 0.2) is 48.5 Å². The predicted molar refractivity (Wildman–Crippen MR) is 133 cm³/mol. The van der Waals surface area contributed by atoms with Crippen LogP contribution in [0.5, 0.6) is 11.5 Å². The number of nitrogens with one attached hydrogen (secondary N) is 2. The molecule has 1 saturated carbocycles. The van der Waals surface area contributed by atoms with Gasteiger partial charge in [0.1, 0.15) is 0 Å². The SMILES string of the molecule is COc1ccc(C23CCC(NC(=O)NCCC(=O)O)CC2N(Cc2ccccc2)CC3)cc1OC. The Bertz CT molecular complexity index is 1030. The average Bonchev–Trinajstić information content (AvgIpc) is 3.22. The van der Waals surface area contributed by atoms with E-state index in [1.807, 2.05) is 12.1 Å². The van der Waals surface area contributed by atoms with E-state index in [4.69, 9.17) is 14.6 Å². The van der Waals surface area contributed by atoms with Gasteiger partial charge in [-0.25, -0.2) is 4.79 Å². The number of methoxy groups -OCH3 is 2. The molecule has 2 aromatic rings. The summed E-state index contributed by atoms with van der Waals surface area (Å²) in [6.45, 7) is 1.95. The van der Waals surface area contributed by atoms with Gasteiger partial charge in [0, 0.05) is 30.6 Å². The molecule has 1 aliphatic heterocycles. The molecule has 0 radical (unpaired) electrons. The van der Waals surface area contributed by atoms with Crippen LogP contribution in [0.4, 0.5) is 4.79 Å². The number of benzene rings is 2. The fraction of sp³-hybridized carbons (Fsp3) is 0.481. The molecule has 2 aromatic carbocycles. The van der Waals surface area contributed by atoms with Crippen LogP contribution in [0.3, 0.4) is 0 Å². The maximum atomic E-state index is 12.4. The summed E-state index contributed by atoms with van der Waals surface area (Å²) >= 11 is 0. The van der Waals surface area contributed by atoms with Gasteiger partial charge < -0.3 is 25.2 Å². The van der Waals surface area contributed by atoms with E-state index in [0.717, 1.165) is 50.3 Å². The molecule has 2 aliphatic rings. The summed E-state index contributed by atoms with van der Waals surface area (Å²) in [6.07, 6.45) is 3.58. The number of carbonyl (C=O) groups is 2. The number of carboxylic acid groups (broad SMARTS) is 1. The van der Waals surface area contributed by atoms with Crippen molar-refractivity contribution in [1.29, 1.82) is 0 Å². The van der Waals surface area contributed by atoms with Gasteiger partial charge in [-0.3, -0.25) is 9.69 Å². The van der Waals surface area contributed by atoms with Crippen LogP contribution >= 0.6 is 0 Å². The molecule has 1 aliphatic carbocycles. The highest BCUT2D eigenvalue weighted by atomic mass is 16.5. The zero-order chi connectivity index (χ0) is 24.8. The Morgan fingerprint density at radius 3 is 2.57 bits per heavy atom. The molecule has 3 atom stereocenters. The predicted octanol–water partition coefficient (Wildman–Crippen LogP) is 3.54. The van der Waals surface area contributed by atoms with Gasteiger partial charge in [0.25, 0.3) is 0 Å². The van der Waals surface area contributed by atoms with E-state index in [2.05, 4.69) is 51.9 Å². The monoisotopic (exact) mass is 481 g/mol. The van der Waals surface area contributed by atoms with Gasteiger partial charge in [0.05, 0.1) is 20.6 Å². The molecule has 8 heteroatoms. The Hall–Kier alpha value is -3.26. The van der Waals surface area contributed by atoms with Crippen molar-refractivity contribution in [2.45, 2.75) is 56.1 Å². The fourth-order valence-electron chi connectivity index (χ4n) is 5.79. The number of likely N-dealkylation sites (tertiary alicyclic amines) is 1. The van der Waals surface area contributed by atoms with E-state index < -0.39 is 5.97 Å². The third-order valence-corrected chi connectivity index (χ3v) is 7.52. The summed E-state index contributed by atoms with van der Waals surface area (Å²) in [4.78, 5) is 25.7. The van der Waals surface area contributed by atoms with E-state index in [0.29, 0.717) is 0 Å². The number of rotatable bonds is 9. The van der Waals surface area contributed by atoms with Crippen molar-refractivity contribution in [1.82, 2.24) is 15.5 Å². The van der Waals surface area contributed by atoms with Gasteiger partial charge >= 0.3 is 12.0 Å². The average molecular weight is 482 g/mol. The molecule has 8 nitrogen and oxygen atoms in total. The van der Waals surface area contributed by atoms with Gasteiger partial charge in [-0.05, 0) is 55.5 Å². The molecular formula is C27H35N3O5. The number of urea groups is 1. The fourth-order valence-corrected chi connectivity index (χ4v) is 5.79. The van der Waals surface area contributed by atoms with Gasteiger partial charge in [-0.15, -0.1) is 0 Å². The lowest BCUT2D eigenvalue weighted by Gasteiger charge is -2.45.